The van der Waals surface area contributed by atoms with Crippen LogP contribution < -0.4 is 10.2 Å². The molecule has 1 aliphatic rings. The van der Waals surface area contributed by atoms with Crippen LogP contribution in [0, 0.1) is 6.92 Å². The summed E-state index contributed by atoms with van der Waals surface area (Å²) >= 11 is 19.9. The summed E-state index contributed by atoms with van der Waals surface area (Å²) in [6.45, 7) is 1.84. The van der Waals surface area contributed by atoms with Crippen molar-refractivity contribution in [3.8, 4) is 0 Å². The molecule has 2 aromatic carbocycles. The summed E-state index contributed by atoms with van der Waals surface area (Å²) in [5.74, 6) is -0.981. The molecule has 3 aromatic rings. The molecule has 0 unspecified atom stereocenters. The molecule has 2 heterocycles. The normalized spacial score (nSPS) is 14.1. The standard InChI is InChI=1S/C21H13Cl3N2O2S/c1-11-13(23)4-2-5-15(11)25-19-18(17-6-3-9-29-17)20(27)26(21(19)28)16-10-12(22)7-8-14(16)24/h2-10,25H,1H3. The van der Waals surface area contributed by atoms with Crippen molar-refractivity contribution in [2.45, 2.75) is 6.92 Å². The number of rotatable bonds is 4. The first-order valence-electron chi connectivity index (χ1n) is 8.52. The first kappa shape index (κ1) is 20.0. The smallest absolute Gasteiger partial charge is 0.282 e. The first-order chi connectivity index (χ1) is 13.9. The van der Waals surface area contributed by atoms with Crippen LogP contribution in [0.25, 0.3) is 5.57 Å². The van der Waals surface area contributed by atoms with E-state index < -0.39 is 11.8 Å². The number of amides is 2. The van der Waals surface area contributed by atoms with E-state index in [2.05, 4.69) is 5.32 Å². The molecule has 0 radical (unpaired) electrons. The second kappa shape index (κ2) is 7.84. The Morgan fingerprint density at radius 2 is 1.72 bits per heavy atom. The van der Waals surface area contributed by atoms with Gasteiger partial charge in [-0.15, -0.1) is 11.3 Å². The second-order valence-electron chi connectivity index (χ2n) is 6.31. The van der Waals surface area contributed by atoms with Gasteiger partial charge in [-0.3, -0.25) is 9.59 Å². The molecule has 0 aliphatic carbocycles. The lowest BCUT2D eigenvalue weighted by molar-refractivity contribution is -0.120. The molecule has 0 saturated carbocycles. The van der Waals surface area contributed by atoms with Crippen molar-refractivity contribution < 1.29 is 9.59 Å². The zero-order valence-corrected chi connectivity index (χ0v) is 18.1. The zero-order chi connectivity index (χ0) is 20.7. The molecule has 0 fully saturated rings. The van der Waals surface area contributed by atoms with Crippen LogP contribution in [-0.4, -0.2) is 11.8 Å². The van der Waals surface area contributed by atoms with Gasteiger partial charge in [-0.05, 0) is 54.3 Å². The number of carbonyl (C=O) groups is 2. The van der Waals surface area contributed by atoms with Crippen molar-refractivity contribution in [2.75, 3.05) is 10.2 Å². The van der Waals surface area contributed by atoms with Gasteiger partial charge in [0.2, 0.25) is 0 Å². The molecule has 1 N–H and O–H groups in total. The summed E-state index contributed by atoms with van der Waals surface area (Å²) in [5.41, 5.74) is 2.09. The maximum absolute atomic E-state index is 13.3. The molecular formula is C21H13Cl3N2O2S. The van der Waals surface area contributed by atoms with E-state index in [0.29, 0.717) is 20.6 Å². The number of carbonyl (C=O) groups excluding carboxylic acids is 2. The minimum absolute atomic E-state index is 0.166. The fourth-order valence-corrected chi connectivity index (χ4v) is 4.36. The van der Waals surface area contributed by atoms with Crippen LogP contribution in [0.2, 0.25) is 15.1 Å². The van der Waals surface area contributed by atoms with E-state index >= 15 is 0 Å². The predicted octanol–water partition coefficient (Wildman–Crippen LogP) is 6.41. The average Bonchev–Trinajstić information content (AvgIpc) is 3.28. The van der Waals surface area contributed by atoms with Crippen molar-refractivity contribution >= 4 is 74.9 Å². The summed E-state index contributed by atoms with van der Waals surface area (Å²) in [6.07, 6.45) is 0. The number of hydrogen-bond donors (Lipinski definition) is 1. The van der Waals surface area contributed by atoms with Gasteiger partial charge in [0.15, 0.2) is 0 Å². The third-order valence-electron chi connectivity index (χ3n) is 4.53. The van der Waals surface area contributed by atoms with Crippen molar-refractivity contribution in [2.24, 2.45) is 0 Å². The molecule has 0 bridgehead atoms. The van der Waals surface area contributed by atoms with Gasteiger partial charge < -0.3 is 5.32 Å². The number of benzene rings is 2. The van der Waals surface area contributed by atoms with Crippen LogP contribution in [-0.2, 0) is 9.59 Å². The minimum Gasteiger partial charge on any atom is -0.350 e. The molecule has 146 valence electrons. The lowest BCUT2D eigenvalue weighted by Gasteiger charge is -2.17. The molecule has 29 heavy (non-hydrogen) atoms. The Hall–Kier alpha value is -2.31. The van der Waals surface area contributed by atoms with E-state index in [9.17, 15) is 9.59 Å². The van der Waals surface area contributed by atoms with E-state index in [1.807, 2.05) is 18.4 Å². The lowest BCUT2D eigenvalue weighted by atomic mass is 10.1. The number of anilines is 2. The fraction of sp³-hybridized carbons (Fsp3) is 0.0476. The number of hydrogen-bond acceptors (Lipinski definition) is 4. The van der Waals surface area contributed by atoms with Crippen molar-refractivity contribution in [3.63, 3.8) is 0 Å². The third kappa shape index (κ3) is 3.55. The van der Waals surface area contributed by atoms with Crippen LogP contribution >= 0.6 is 46.1 Å². The highest BCUT2D eigenvalue weighted by atomic mass is 35.5. The predicted molar refractivity (Wildman–Crippen MR) is 120 cm³/mol. The maximum atomic E-state index is 13.3. The van der Waals surface area contributed by atoms with E-state index in [0.717, 1.165) is 10.5 Å². The van der Waals surface area contributed by atoms with Crippen molar-refractivity contribution in [1.29, 1.82) is 0 Å². The van der Waals surface area contributed by atoms with Gasteiger partial charge >= 0.3 is 0 Å². The number of halogens is 3. The molecular weight excluding hydrogens is 451 g/mol. The molecule has 1 aliphatic heterocycles. The van der Waals surface area contributed by atoms with Gasteiger partial charge in [0.05, 0.1) is 16.3 Å². The number of thiophene rings is 1. The van der Waals surface area contributed by atoms with Gasteiger partial charge in [0.1, 0.15) is 5.70 Å². The fourth-order valence-electron chi connectivity index (χ4n) is 3.05. The molecule has 1 aromatic heterocycles. The molecule has 4 rings (SSSR count). The number of nitrogens with zero attached hydrogens (tertiary/aromatic N) is 1. The van der Waals surface area contributed by atoms with Gasteiger partial charge in [-0.1, -0.05) is 46.9 Å². The van der Waals surface area contributed by atoms with Crippen LogP contribution in [0.5, 0.6) is 0 Å². The van der Waals surface area contributed by atoms with Crippen LogP contribution in [0.4, 0.5) is 11.4 Å². The van der Waals surface area contributed by atoms with E-state index in [-0.39, 0.29) is 22.0 Å². The summed E-state index contributed by atoms with van der Waals surface area (Å²) in [4.78, 5) is 28.4. The molecule has 0 atom stereocenters. The first-order valence-corrected chi connectivity index (χ1v) is 10.5. The van der Waals surface area contributed by atoms with Crippen molar-refractivity contribution in [1.82, 2.24) is 0 Å². The van der Waals surface area contributed by atoms with E-state index in [4.69, 9.17) is 34.8 Å². The Labute approximate surface area is 186 Å². The molecule has 8 heteroatoms. The van der Waals surface area contributed by atoms with Crippen LogP contribution in [0.3, 0.4) is 0 Å². The summed E-state index contributed by atoms with van der Waals surface area (Å²) in [5, 5.41) is 6.14. The Morgan fingerprint density at radius 1 is 0.931 bits per heavy atom. The Kier molecular flexibility index (Phi) is 5.40. The quantitative estimate of drug-likeness (QED) is 0.455. The average molecular weight is 464 g/mol. The number of imide groups is 1. The summed E-state index contributed by atoms with van der Waals surface area (Å²) < 4.78 is 0. The molecule has 2 amide bonds. The summed E-state index contributed by atoms with van der Waals surface area (Å²) in [6, 6.07) is 13.6. The summed E-state index contributed by atoms with van der Waals surface area (Å²) in [7, 11) is 0. The molecule has 0 spiro atoms. The lowest BCUT2D eigenvalue weighted by Crippen LogP contribution is -2.32. The third-order valence-corrected chi connectivity index (χ3v) is 6.38. The Morgan fingerprint density at radius 3 is 2.45 bits per heavy atom. The van der Waals surface area contributed by atoms with Crippen LogP contribution in [0.15, 0.2) is 59.6 Å². The second-order valence-corrected chi connectivity index (χ2v) is 8.50. The van der Waals surface area contributed by atoms with Gasteiger partial charge in [-0.25, -0.2) is 4.90 Å². The number of nitrogens with one attached hydrogen (secondary N) is 1. The molecule has 4 nitrogen and oxygen atoms in total. The van der Waals surface area contributed by atoms with E-state index in [1.165, 1.54) is 17.4 Å². The van der Waals surface area contributed by atoms with Crippen LogP contribution in [0.1, 0.15) is 10.4 Å². The molecule has 0 saturated heterocycles. The maximum Gasteiger partial charge on any atom is 0.282 e. The Balaban J connectivity index is 1.85. The topological polar surface area (TPSA) is 49.4 Å². The van der Waals surface area contributed by atoms with E-state index in [1.54, 1.807) is 36.4 Å². The largest absolute Gasteiger partial charge is 0.350 e. The minimum atomic E-state index is -0.512. The SMILES string of the molecule is Cc1c(Cl)cccc1NC1=C(c2cccs2)C(=O)N(c2cc(Cl)ccc2Cl)C1=O. The highest BCUT2D eigenvalue weighted by Crippen LogP contribution is 2.39. The highest BCUT2D eigenvalue weighted by Gasteiger charge is 2.41. The highest BCUT2D eigenvalue weighted by molar-refractivity contribution is 7.11. The van der Waals surface area contributed by atoms with Crippen molar-refractivity contribution in [3.05, 3.63) is 85.1 Å². The van der Waals surface area contributed by atoms with Gasteiger partial charge in [0.25, 0.3) is 11.8 Å². The van der Waals surface area contributed by atoms with Gasteiger partial charge in [-0.2, -0.15) is 0 Å². The zero-order valence-electron chi connectivity index (χ0n) is 15.0. The Bertz CT molecular complexity index is 1170. The van der Waals surface area contributed by atoms with Gasteiger partial charge in [0, 0.05) is 20.6 Å². The monoisotopic (exact) mass is 462 g/mol.